The van der Waals surface area contributed by atoms with E-state index < -0.39 is 14.2 Å². The van der Waals surface area contributed by atoms with E-state index in [1.807, 2.05) is 0 Å². The number of phosphoric ester groups is 1. The topological polar surface area (TPSA) is 66.8 Å². The number of unbranched alkanes of at least 4 members (excludes halogenated alkanes) is 6. The molecule has 0 aliphatic carbocycles. The van der Waals surface area contributed by atoms with Crippen LogP contribution in [0.25, 0.3) is 0 Å². The Morgan fingerprint density at radius 3 is 2.12 bits per heavy atom. The Morgan fingerprint density at radius 1 is 1.12 bits per heavy atom. The van der Waals surface area contributed by atoms with Gasteiger partial charge in [-0.1, -0.05) is 45.4 Å². The molecule has 0 aromatic rings. The molecule has 0 radical (unpaired) electrons. The van der Waals surface area contributed by atoms with Crippen LogP contribution in [0, 0.1) is 0 Å². The van der Waals surface area contributed by atoms with Crippen molar-refractivity contribution in [3.63, 3.8) is 0 Å². The van der Waals surface area contributed by atoms with Gasteiger partial charge in [-0.15, -0.1) is 0 Å². The molecule has 1 atom stereocenters. The molecule has 2 N–H and O–H groups in total. The lowest BCUT2D eigenvalue weighted by molar-refractivity contribution is 0.0273. The predicted molar refractivity (Wildman–Crippen MR) is 60.6 cm³/mol. The number of halogens is 1. The first-order valence-electron chi connectivity index (χ1n) is 5.83. The maximum absolute atomic E-state index is 12.8. The molecule has 0 spiro atoms. The highest BCUT2D eigenvalue weighted by Gasteiger charge is 2.20. The van der Waals surface area contributed by atoms with E-state index in [2.05, 4.69) is 11.4 Å². The first-order valence-corrected chi connectivity index (χ1v) is 7.36. The van der Waals surface area contributed by atoms with Crippen LogP contribution in [-0.2, 0) is 9.09 Å². The summed E-state index contributed by atoms with van der Waals surface area (Å²) in [5.41, 5.74) is 0. The van der Waals surface area contributed by atoms with Crippen molar-refractivity contribution in [1.82, 2.24) is 0 Å². The monoisotopic (exact) mass is 256 g/mol. The summed E-state index contributed by atoms with van der Waals surface area (Å²) in [6.45, 7) is 2.15. The molecule has 0 saturated carbocycles. The molecule has 1 unspecified atom stereocenters. The normalized spacial score (nSPS) is 14.0. The van der Waals surface area contributed by atoms with Crippen molar-refractivity contribution in [2.24, 2.45) is 0 Å². The Morgan fingerprint density at radius 2 is 1.62 bits per heavy atom. The number of hydrogen-bond acceptors (Lipinski definition) is 2. The predicted octanol–water partition coefficient (Wildman–Crippen LogP) is 3.53. The number of rotatable bonds is 10. The summed E-state index contributed by atoms with van der Waals surface area (Å²) in [5, 5.41) is 0. The fourth-order valence-electron chi connectivity index (χ4n) is 1.46. The van der Waals surface area contributed by atoms with Gasteiger partial charge in [0, 0.05) is 6.42 Å². The van der Waals surface area contributed by atoms with E-state index >= 15 is 0 Å². The quantitative estimate of drug-likeness (QED) is 0.463. The van der Waals surface area contributed by atoms with Gasteiger partial charge in [0.2, 0.25) is 6.36 Å². The summed E-state index contributed by atoms with van der Waals surface area (Å²) in [5.74, 6) is 0. The van der Waals surface area contributed by atoms with Crippen molar-refractivity contribution in [2.75, 3.05) is 0 Å². The lowest BCUT2D eigenvalue weighted by Crippen LogP contribution is -2.04. The van der Waals surface area contributed by atoms with Gasteiger partial charge in [0.05, 0.1) is 0 Å². The lowest BCUT2D eigenvalue weighted by atomic mass is 10.1. The lowest BCUT2D eigenvalue weighted by Gasteiger charge is -2.09. The van der Waals surface area contributed by atoms with Gasteiger partial charge < -0.3 is 9.79 Å². The van der Waals surface area contributed by atoms with E-state index in [4.69, 9.17) is 9.79 Å². The third-order valence-corrected chi connectivity index (χ3v) is 2.79. The standard InChI is InChI=1S/C10H22FO4P/c1-2-3-4-5-6-7-8-9-10(11)15-16(12,13)14/h10H,2-9H2,1H3,(H2,12,13,14). The Balaban J connectivity index is 3.28. The third kappa shape index (κ3) is 12.1. The molecular formula is C10H22FO4P. The zero-order valence-corrected chi connectivity index (χ0v) is 10.7. The summed E-state index contributed by atoms with van der Waals surface area (Å²) >= 11 is 0. The molecule has 0 rings (SSSR count). The highest BCUT2D eigenvalue weighted by atomic mass is 31.2. The van der Waals surface area contributed by atoms with Crippen LogP contribution in [0.15, 0.2) is 0 Å². The van der Waals surface area contributed by atoms with Gasteiger partial charge in [-0.2, -0.15) is 0 Å². The first-order chi connectivity index (χ1) is 7.45. The van der Waals surface area contributed by atoms with Crippen molar-refractivity contribution in [3.05, 3.63) is 0 Å². The van der Waals surface area contributed by atoms with Crippen molar-refractivity contribution in [1.29, 1.82) is 0 Å². The molecule has 4 nitrogen and oxygen atoms in total. The fraction of sp³-hybridized carbons (Fsp3) is 1.00. The van der Waals surface area contributed by atoms with Crippen LogP contribution in [-0.4, -0.2) is 16.1 Å². The van der Waals surface area contributed by atoms with Crippen molar-refractivity contribution in [2.45, 2.75) is 64.6 Å². The minimum Gasteiger partial charge on any atom is -0.303 e. The van der Waals surface area contributed by atoms with Crippen molar-refractivity contribution >= 4 is 7.82 Å². The second-order valence-corrected chi connectivity index (χ2v) is 5.11. The molecule has 0 heterocycles. The van der Waals surface area contributed by atoms with Gasteiger partial charge >= 0.3 is 7.82 Å². The minimum absolute atomic E-state index is 0.0545. The molecule has 0 saturated heterocycles. The molecular weight excluding hydrogens is 234 g/mol. The summed E-state index contributed by atoms with van der Waals surface area (Å²) in [7, 11) is -4.67. The second kappa shape index (κ2) is 9.11. The largest absolute Gasteiger partial charge is 0.472 e. The van der Waals surface area contributed by atoms with Gasteiger partial charge in [-0.25, -0.2) is 8.96 Å². The van der Waals surface area contributed by atoms with Gasteiger partial charge in [-0.05, 0) is 6.42 Å². The van der Waals surface area contributed by atoms with Gasteiger partial charge in [-0.3, -0.25) is 4.52 Å². The van der Waals surface area contributed by atoms with Crippen LogP contribution in [0.5, 0.6) is 0 Å². The molecule has 6 heteroatoms. The Kier molecular flexibility index (Phi) is 9.13. The SMILES string of the molecule is CCCCCCCCCC(F)OP(=O)(O)O. The molecule has 0 amide bonds. The smallest absolute Gasteiger partial charge is 0.303 e. The maximum atomic E-state index is 12.8. The van der Waals surface area contributed by atoms with Crippen LogP contribution in [0.2, 0.25) is 0 Å². The molecule has 0 aliphatic rings. The van der Waals surface area contributed by atoms with Crippen LogP contribution < -0.4 is 0 Å². The van der Waals surface area contributed by atoms with Gasteiger partial charge in [0.25, 0.3) is 0 Å². The second-order valence-electron chi connectivity index (χ2n) is 3.92. The molecule has 98 valence electrons. The highest BCUT2D eigenvalue weighted by Crippen LogP contribution is 2.38. The number of hydrogen-bond donors (Lipinski definition) is 2. The Labute approximate surface area is 96.4 Å². The van der Waals surface area contributed by atoms with E-state index in [0.29, 0.717) is 6.42 Å². The Hall–Kier alpha value is 0.0400. The van der Waals surface area contributed by atoms with Crippen molar-refractivity contribution in [3.8, 4) is 0 Å². The molecule has 16 heavy (non-hydrogen) atoms. The summed E-state index contributed by atoms with van der Waals surface area (Å²) in [6, 6.07) is 0. The first kappa shape index (κ1) is 16.0. The minimum atomic E-state index is -4.67. The molecule has 0 bridgehead atoms. The third-order valence-electron chi connectivity index (χ3n) is 2.29. The number of alkyl halides is 1. The van der Waals surface area contributed by atoms with Crippen LogP contribution in [0.1, 0.15) is 58.3 Å². The average molecular weight is 256 g/mol. The van der Waals surface area contributed by atoms with Gasteiger partial charge in [0.1, 0.15) is 0 Å². The summed E-state index contributed by atoms with van der Waals surface area (Å²) in [6.07, 6.45) is 5.51. The summed E-state index contributed by atoms with van der Waals surface area (Å²) < 4.78 is 27.0. The zero-order valence-electron chi connectivity index (χ0n) is 9.77. The highest BCUT2D eigenvalue weighted by molar-refractivity contribution is 7.46. The molecule has 0 fully saturated rings. The fourth-order valence-corrected chi connectivity index (χ4v) is 1.87. The van der Waals surface area contributed by atoms with E-state index in [9.17, 15) is 8.96 Å². The number of phosphoric acid groups is 1. The molecule has 0 aromatic heterocycles. The van der Waals surface area contributed by atoms with Crippen LogP contribution >= 0.6 is 7.82 Å². The maximum Gasteiger partial charge on any atom is 0.472 e. The van der Waals surface area contributed by atoms with Crippen LogP contribution in [0.4, 0.5) is 4.39 Å². The zero-order chi connectivity index (χ0) is 12.4. The average Bonchev–Trinajstić information content (AvgIpc) is 2.13. The van der Waals surface area contributed by atoms with E-state index in [0.717, 1.165) is 19.3 Å². The van der Waals surface area contributed by atoms with E-state index in [1.165, 1.54) is 19.3 Å². The Bertz CT molecular complexity index is 207. The van der Waals surface area contributed by atoms with E-state index in [1.54, 1.807) is 0 Å². The van der Waals surface area contributed by atoms with E-state index in [-0.39, 0.29) is 6.42 Å². The van der Waals surface area contributed by atoms with Crippen molar-refractivity contribution < 1.29 is 23.3 Å². The molecule has 0 aliphatic heterocycles. The molecule has 0 aromatic carbocycles. The van der Waals surface area contributed by atoms with Gasteiger partial charge in [0.15, 0.2) is 0 Å². The van der Waals surface area contributed by atoms with Crippen LogP contribution in [0.3, 0.4) is 0 Å². The summed E-state index contributed by atoms with van der Waals surface area (Å²) in [4.78, 5) is 16.7.